The number of nitrogens with zero attached hydrogens (tertiary/aromatic N) is 1. The highest BCUT2D eigenvalue weighted by molar-refractivity contribution is 5.91. The number of hydrogen-bond donors (Lipinski definition) is 0. The summed E-state index contributed by atoms with van der Waals surface area (Å²) in [6, 6.07) is 4.26. The van der Waals surface area contributed by atoms with E-state index in [9.17, 15) is 4.79 Å². The second kappa shape index (κ2) is 8.37. The van der Waals surface area contributed by atoms with Crippen molar-refractivity contribution in [1.29, 1.82) is 0 Å². The predicted octanol–water partition coefficient (Wildman–Crippen LogP) is 5.46. The highest BCUT2D eigenvalue weighted by Gasteiger charge is 2.53. The molecule has 4 rings (SSSR count). The molecule has 164 valence electrons. The highest BCUT2D eigenvalue weighted by atomic mass is 16.5. The van der Waals surface area contributed by atoms with E-state index in [1.54, 1.807) is 12.7 Å². The minimum Gasteiger partial charge on any atom is -0.496 e. The second-order valence-electron chi connectivity index (χ2n) is 9.71. The summed E-state index contributed by atoms with van der Waals surface area (Å²) in [4.78, 5) is 15.4. The molecule has 3 aliphatic rings. The third-order valence-corrected chi connectivity index (χ3v) is 7.74. The van der Waals surface area contributed by atoms with Gasteiger partial charge in [0.2, 0.25) is 0 Å². The minimum atomic E-state index is -0.120. The summed E-state index contributed by atoms with van der Waals surface area (Å²) in [6.07, 6.45) is 6.97. The molecule has 4 nitrogen and oxygen atoms in total. The van der Waals surface area contributed by atoms with E-state index in [4.69, 9.17) is 9.47 Å². The van der Waals surface area contributed by atoms with E-state index in [2.05, 4.69) is 32.0 Å². The molecule has 1 saturated carbocycles. The zero-order valence-electron chi connectivity index (χ0n) is 19.3. The van der Waals surface area contributed by atoms with Crippen LogP contribution in [0.3, 0.4) is 0 Å². The molecule has 0 amide bonds. The number of hydrogen-bond acceptors (Lipinski definition) is 4. The number of ketones is 1. The molecule has 3 atom stereocenters. The SMILES string of the molecule is CCOc1cc(OC)c2c(c1)C(C)CC1=C2CC[C@]2(CCCN(C)C)C(=O)CC[C@@H]12. The lowest BCUT2D eigenvalue weighted by Crippen LogP contribution is -2.38. The van der Waals surface area contributed by atoms with Gasteiger partial charge in [0.05, 0.1) is 13.7 Å². The molecule has 3 aliphatic carbocycles. The molecule has 0 aliphatic heterocycles. The Labute approximate surface area is 181 Å². The average molecular weight is 412 g/mol. The summed E-state index contributed by atoms with van der Waals surface area (Å²) in [5.41, 5.74) is 5.53. The van der Waals surface area contributed by atoms with E-state index >= 15 is 0 Å². The molecule has 0 N–H and O–H groups in total. The maximum Gasteiger partial charge on any atom is 0.139 e. The van der Waals surface area contributed by atoms with Crippen LogP contribution in [0.2, 0.25) is 0 Å². The van der Waals surface area contributed by atoms with Crippen LogP contribution in [-0.4, -0.2) is 45.0 Å². The molecule has 0 radical (unpaired) electrons. The topological polar surface area (TPSA) is 38.8 Å². The summed E-state index contributed by atoms with van der Waals surface area (Å²) >= 11 is 0. The number of fused-ring (bicyclic) bond motifs is 4. The fraction of sp³-hybridized carbons (Fsp3) is 0.654. The van der Waals surface area contributed by atoms with Crippen molar-refractivity contribution in [3.05, 3.63) is 28.8 Å². The van der Waals surface area contributed by atoms with Crippen LogP contribution in [0.1, 0.15) is 75.8 Å². The second-order valence-corrected chi connectivity index (χ2v) is 9.71. The van der Waals surface area contributed by atoms with Gasteiger partial charge in [0.1, 0.15) is 17.3 Å². The standard InChI is InChI=1S/C26H37NO3/c1-6-30-18-15-20-17(2)14-21-19(25(20)23(16-18)29-5)10-12-26(11-7-13-27(3)4)22(21)8-9-24(26)28/h15-17,22H,6-14H2,1-5H3/t17?,22-,26-/m0/s1. The monoisotopic (exact) mass is 411 g/mol. The normalized spacial score (nSPS) is 27.7. The molecule has 1 aromatic rings. The maximum absolute atomic E-state index is 13.2. The van der Waals surface area contributed by atoms with Crippen molar-refractivity contribution in [3.8, 4) is 11.5 Å². The Kier molecular flexibility index (Phi) is 5.98. The van der Waals surface area contributed by atoms with Gasteiger partial charge in [-0.05, 0) is 95.1 Å². The Morgan fingerprint density at radius 3 is 2.73 bits per heavy atom. The van der Waals surface area contributed by atoms with Gasteiger partial charge in [0.15, 0.2) is 0 Å². The van der Waals surface area contributed by atoms with Gasteiger partial charge in [0, 0.05) is 23.5 Å². The van der Waals surface area contributed by atoms with Gasteiger partial charge in [0.25, 0.3) is 0 Å². The zero-order chi connectivity index (χ0) is 21.5. The van der Waals surface area contributed by atoms with Crippen molar-refractivity contribution in [2.24, 2.45) is 11.3 Å². The lowest BCUT2D eigenvalue weighted by Gasteiger charge is -2.44. The van der Waals surface area contributed by atoms with Crippen LogP contribution < -0.4 is 9.47 Å². The third kappa shape index (κ3) is 3.47. The Bertz CT molecular complexity index is 856. The van der Waals surface area contributed by atoms with E-state index in [-0.39, 0.29) is 5.41 Å². The van der Waals surface area contributed by atoms with E-state index in [0.29, 0.717) is 24.2 Å². The molecular formula is C26H37NO3. The van der Waals surface area contributed by atoms with Crippen LogP contribution >= 0.6 is 0 Å². The van der Waals surface area contributed by atoms with Crippen molar-refractivity contribution in [3.63, 3.8) is 0 Å². The van der Waals surface area contributed by atoms with Crippen LogP contribution in [0.25, 0.3) is 5.57 Å². The van der Waals surface area contributed by atoms with E-state index in [1.165, 1.54) is 16.7 Å². The first-order valence-electron chi connectivity index (χ1n) is 11.7. The smallest absolute Gasteiger partial charge is 0.139 e. The Balaban J connectivity index is 1.75. The fourth-order valence-corrected chi connectivity index (χ4v) is 6.41. The highest BCUT2D eigenvalue weighted by Crippen LogP contribution is 2.61. The molecule has 0 bridgehead atoms. The zero-order valence-corrected chi connectivity index (χ0v) is 19.3. The summed E-state index contributed by atoms with van der Waals surface area (Å²) in [5.74, 6) is 3.19. The van der Waals surface area contributed by atoms with Crippen LogP contribution in [0.15, 0.2) is 17.7 Å². The number of rotatable bonds is 7. The Hall–Kier alpha value is -1.81. The summed E-state index contributed by atoms with van der Waals surface area (Å²) in [5, 5.41) is 0. The van der Waals surface area contributed by atoms with Crippen molar-refractivity contribution in [2.75, 3.05) is 34.4 Å². The molecule has 30 heavy (non-hydrogen) atoms. The van der Waals surface area contributed by atoms with Crippen LogP contribution in [-0.2, 0) is 4.79 Å². The number of ether oxygens (including phenoxy) is 2. The van der Waals surface area contributed by atoms with Crippen molar-refractivity contribution in [1.82, 2.24) is 4.90 Å². The van der Waals surface area contributed by atoms with Gasteiger partial charge in [-0.2, -0.15) is 0 Å². The maximum atomic E-state index is 13.2. The van der Waals surface area contributed by atoms with E-state index < -0.39 is 0 Å². The minimum absolute atomic E-state index is 0.120. The van der Waals surface area contributed by atoms with Crippen LogP contribution in [0, 0.1) is 11.3 Å². The van der Waals surface area contributed by atoms with Gasteiger partial charge >= 0.3 is 0 Å². The van der Waals surface area contributed by atoms with Crippen LogP contribution in [0.4, 0.5) is 0 Å². The van der Waals surface area contributed by atoms with Gasteiger partial charge in [-0.1, -0.05) is 12.5 Å². The summed E-state index contributed by atoms with van der Waals surface area (Å²) in [6.45, 7) is 6.05. The van der Waals surface area contributed by atoms with Gasteiger partial charge in [-0.15, -0.1) is 0 Å². The van der Waals surface area contributed by atoms with E-state index in [1.807, 2.05) is 13.0 Å². The van der Waals surface area contributed by atoms with Gasteiger partial charge in [-0.25, -0.2) is 0 Å². The predicted molar refractivity (Wildman–Crippen MR) is 121 cm³/mol. The van der Waals surface area contributed by atoms with Crippen molar-refractivity contribution >= 4 is 11.4 Å². The lowest BCUT2D eigenvalue weighted by atomic mass is 9.59. The number of carbonyl (C=O) groups is 1. The number of benzene rings is 1. The molecule has 0 heterocycles. The van der Waals surface area contributed by atoms with Gasteiger partial charge < -0.3 is 14.4 Å². The number of methoxy groups -OCH3 is 1. The molecule has 4 heteroatoms. The van der Waals surface area contributed by atoms with Crippen molar-refractivity contribution < 1.29 is 14.3 Å². The molecule has 0 saturated heterocycles. The number of Topliss-reactive ketones (excluding diaryl/α,β-unsaturated/α-hetero) is 1. The van der Waals surface area contributed by atoms with Crippen LogP contribution in [0.5, 0.6) is 11.5 Å². The Morgan fingerprint density at radius 2 is 2.03 bits per heavy atom. The molecule has 0 spiro atoms. The molecule has 1 fully saturated rings. The van der Waals surface area contributed by atoms with Gasteiger partial charge in [-0.3, -0.25) is 4.79 Å². The number of allylic oxidation sites excluding steroid dienone is 2. The van der Waals surface area contributed by atoms with E-state index in [0.717, 1.165) is 63.0 Å². The fourth-order valence-electron chi connectivity index (χ4n) is 6.41. The quantitative estimate of drug-likeness (QED) is 0.597. The molecule has 0 aromatic heterocycles. The first-order valence-corrected chi connectivity index (χ1v) is 11.7. The lowest BCUT2D eigenvalue weighted by molar-refractivity contribution is -0.128. The molecule has 1 unspecified atom stereocenters. The average Bonchev–Trinajstić information content (AvgIpc) is 3.04. The molecule has 1 aromatic carbocycles. The summed E-state index contributed by atoms with van der Waals surface area (Å²) < 4.78 is 11.7. The number of carbonyl (C=O) groups excluding carboxylic acids is 1. The summed E-state index contributed by atoms with van der Waals surface area (Å²) in [7, 11) is 6.00. The van der Waals surface area contributed by atoms with Crippen molar-refractivity contribution in [2.45, 2.75) is 64.7 Å². The molecular weight excluding hydrogens is 374 g/mol. The first-order chi connectivity index (χ1) is 14.4. The largest absolute Gasteiger partial charge is 0.496 e. The Morgan fingerprint density at radius 1 is 1.23 bits per heavy atom. The first kappa shape index (κ1) is 21.4. The third-order valence-electron chi connectivity index (χ3n) is 7.74.